The van der Waals surface area contributed by atoms with Crippen LogP contribution in [0.1, 0.15) is 18.4 Å². The van der Waals surface area contributed by atoms with Crippen LogP contribution in [0.25, 0.3) is 0 Å². The van der Waals surface area contributed by atoms with E-state index in [1.807, 2.05) is 7.05 Å². The number of carbonyl (C=O) groups is 1. The normalized spacial score (nSPS) is 14.5. The van der Waals surface area contributed by atoms with Gasteiger partial charge in [0, 0.05) is 37.3 Å². The molecule has 1 amide bonds. The fourth-order valence-electron chi connectivity index (χ4n) is 2.55. The molecule has 1 aliphatic heterocycles. The van der Waals surface area contributed by atoms with Gasteiger partial charge in [0.15, 0.2) is 0 Å². The van der Waals surface area contributed by atoms with Gasteiger partial charge in [-0.2, -0.15) is 0 Å². The molecule has 1 aromatic rings. The summed E-state index contributed by atoms with van der Waals surface area (Å²) < 4.78 is 0. The monoisotopic (exact) mass is 289 g/mol. The summed E-state index contributed by atoms with van der Waals surface area (Å²) in [5, 5.41) is 13.9. The summed E-state index contributed by atoms with van der Waals surface area (Å²) in [5.74, 6) is 0.0415. The second-order valence-electron chi connectivity index (χ2n) is 5.18. The Morgan fingerprint density at radius 2 is 2.24 bits per heavy atom. The van der Waals surface area contributed by atoms with Crippen LogP contribution in [0, 0.1) is 10.1 Å². The minimum absolute atomic E-state index is 0.0415. The van der Waals surface area contributed by atoms with Gasteiger partial charge >= 0.3 is 0 Å². The SMILES string of the molecule is C=C(CNC)CN1C(=O)CCCc2cc([N+](=O)[O-])ccc21. The standard InChI is InChI=1S/C15H19N3O3/c1-11(9-16-2)10-17-14-7-6-13(18(20)21)8-12(14)4-3-5-15(17)19/h6-8,16H,1,3-5,9-10H2,2H3. The number of hydrogen-bond donors (Lipinski definition) is 1. The highest BCUT2D eigenvalue weighted by molar-refractivity contribution is 5.95. The summed E-state index contributed by atoms with van der Waals surface area (Å²) in [6.07, 6.45) is 1.84. The quantitative estimate of drug-likeness (QED) is 0.511. The number of carbonyl (C=O) groups excluding carboxylic acids is 1. The van der Waals surface area contributed by atoms with E-state index >= 15 is 0 Å². The van der Waals surface area contributed by atoms with Gasteiger partial charge < -0.3 is 10.2 Å². The predicted octanol–water partition coefficient (Wildman–Crippen LogP) is 2.04. The molecular weight excluding hydrogens is 270 g/mol. The van der Waals surface area contributed by atoms with Gasteiger partial charge in [-0.15, -0.1) is 0 Å². The zero-order chi connectivity index (χ0) is 15.4. The van der Waals surface area contributed by atoms with Crippen LogP contribution < -0.4 is 10.2 Å². The number of nitro groups is 1. The molecule has 0 aliphatic carbocycles. The summed E-state index contributed by atoms with van der Waals surface area (Å²) in [7, 11) is 1.83. The summed E-state index contributed by atoms with van der Waals surface area (Å²) in [6.45, 7) is 5.02. The Kier molecular flexibility index (Phi) is 4.70. The van der Waals surface area contributed by atoms with Crippen LogP contribution in [0.15, 0.2) is 30.4 Å². The molecule has 1 aromatic carbocycles. The van der Waals surface area contributed by atoms with Crippen LogP contribution in [0.5, 0.6) is 0 Å². The van der Waals surface area contributed by atoms with E-state index in [4.69, 9.17) is 0 Å². The Bertz CT molecular complexity index is 584. The molecule has 112 valence electrons. The molecule has 21 heavy (non-hydrogen) atoms. The average Bonchev–Trinajstić information content (AvgIpc) is 2.59. The Labute approximate surface area is 123 Å². The van der Waals surface area contributed by atoms with Gasteiger partial charge in [-0.25, -0.2) is 0 Å². The lowest BCUT2D eigenvalue weighted by atomic mass is 10.1. The van der Waals surface area contributed by atoms with Gasteiger partial charge in [0.05, 0.1) is 4.92 Å². The molecule has 1 heterocycles. The molecule has 1 aliphatic rings. The average molecular weight is 289 g/mol. The third-order valence-electron chi connectivity index (χ3n) is 3.51. The Morgan fingerprint density at radius 1 is 1.48 bits per heavy atom. The van der Waals surface area contributed by atoms with Gasteiger partial charge in [-0.3, -0.25) is 14.9 Å². The Balaban J connectivity index is 2.35. The molecule has 2 rings (SSSR count). The molecule has 0 atom stereocenters. The lowest BCUT2D eigenvalue weighted by molar-refractivity contribution is -0.384. The zero-order valence-electron chi connectivity index (χ0n) is 12.1. The lowest BCUT2D eigenvalue weighted by Gasteiger charge is -2.24. The number of fused-ring (bicyclic) bond motifs is 1. The number of amides is 1. The van der Waals surface area contributed by atoms with Crippen molar-refractivity contribution in [2.45, 2.75) is 19.3 Å². The Morgan fingerprint density at radius 3 is 2.90 bits per heavy atom. The third kappa shape index (κ3) is 3.46. The minimum atomic E-state index is -0.405. The molecule has 0 bridgehead atoms. The van der Waals surface area contributed by atoms with Crippen molar-refractivity contribution in [2.24, 2.45) is 0 Å². The lowest BCUT2D eigenvalue weighted by Crippen LogP contribution is -2.33. The van der Waals surface area contributed by atoms with E-state index in [0.29, 0.717) is 32.4 Å². The van der Waals surface area contributed by atoms with Crippen molar-refractivity contribution >= 4 is 17.3 Å². The maximum atomic E-state index is 12.3. The molecule has 6 nitrogen and oxygen atoms in total. The van der Waals surface area contributed by atoms with Crippen LogP contribution in [0.3, 0.4) is 0 Å². The van der Waals surface area contributed by atoms with Crippen LogP contribution >= 0.6 is 0 Å². The van der Waals surface area contributed by atoms with Crippen molar-refractivity contribution in [3.63, 3.8) is 0 Å². The summed E-state index contributed by atoms with van der Waals surface area (Å²) >= 11 is 0. The van der Waals surface area contributed by atoms with Gasteiger partial charge in [0.1, 0.15) is 0 Å². The maximum absolute atomic E-state index is 12.3. The molecule has 0 spiro atoms. The fraction of sp³-hybridized carbons (Fsp3) is 0.400. The molecule has 0 fully saturated rings. The van der Waals surface area contributed by atoms with Gasteiger partial charge in [-0.1, -0.05) is 6.58 Å². The van der Waals surface area contributed by atoms with E-state index in [1.165, 1.54) is 6.07 Å². The Hall–Kier alpha value is -2.21. The topological polar surface area (TPSA) is 75.5 Å². The predicted molar refractivity (Wildman–Crippen MR) is 81.5 cm³/mol. The first-order chi connectivity index (χ1) is 10.0. The molecule has 1 N–H and O–H groups in total. The highest BCUT2D eigenvalue weighted by atomic mass is 16.6. The number of aryl methyl sites for hydroxylation is 1. The number of nitro benzene ring substituents is 1. The van der Waals surface area contributed by atoms with E-state index in [2.05, 4.69) is 11.9 Å². The van der Waals surface area contributed by atoms with Crippen LogP contribution in [0.4, 0.5) is 11.4 Å². The molecule has 0 saturated heterocycles. The molecule has 6 heteroatoms. The number of nitrogens with one attached hydrogen (secondary N) is 1. The van der Waals surface area contributed by atoms with E-state index in [0.717, 1.165) is 16.8 Å². The highest BCUT2D eigenvalue weighted by Gasteiger charge is 2.24. The smallest absolute Gasteiger partial charge is 0.269 e. The number of likely N-dealkylation sites (N-methyl/N-ethyl adjacent to an activating group) is 1. The minimum Gasteiger partial charge on any atom is -0.316 e. The molecule has 0 radical (unpaired) electrons. The van der Waals surface area contributed by atoms with E-state index in [-0.39, 0.29) is 11.6 Å². The second-order valence-corrected chi connectivity index (χ2v) is 5.18. The molecule has 0 saturated carbocycles. The number of rotatable bonds is 5. The molecular formula is C15H19N3O3. The zero-order valence-corrected chi connectivity index (χ0v) is 12.1. The van der Waals surface area contributed by atoms with E-state index < -0.39 is 4.92 Å². The van der Waals surface area contributed by atoms with E-state index in [9.17, 15) is 14.9 Å². The largest absolute Gasteiger partial charge is 0.316 e. The van der Waals surface area contributed by atoms with Crippen LogP contribution in [0.2, 0.25) is 0 Å². The van der Waals surface area contributed by atoms with Gasteiger partial charge in [0.2, 0.25) is 5.91 Å². The highest BCUT2D eigenvalue weighted by Crippen LogP contribution is 2.30. The van der Waals surface area contributed by atoms with Gasteiger partial charge in [-0.05, 0) is 37.1 Å². The van der Waals surface area contributed by atoms with Crippen molar-refractivity contribution < 1.29 is 9.72 Å². The summed E-state index contributed by atoms with van der Waals surface area (Å²) in [6, 6.07) is 4.69. The third-order valence-corrected chi connectivity index (χ3v) is 3.51. The number of nitrogens with zero attached hydrogens (tertiary/aromatic N) is 2. The van der Waals surface area contributed by atoms with Gasteiger partial charge in [0.25, 0.3) is 5.69 Å². The first kappa shape index (κ1) is 15.2. The van der Waals surface area contributed by atoms with Crippen molar-refractivity contribution in [1.29, 1.82) is 0 Å². The van der Waals surface area contributed by atoms with Crippen LogP contribution in [-0.2, 0) is 11.2 Å². The number of benzene rings is 1. The molecule has 0 unspecified atom stereocenters. The first-order valence-electron chi connectivity index (χ1n) is 6.92. The maximum Gasteiger partial charge on any atom is 0.269 e. The van der Waals surface area contributed by atoms with Crippen molar-refractivity contribution in [1.82, 2.24) is 5.32 Å². The van der Waals surface area contributed by atoms with Crippen molar-refractivity contribution in [3.8, 4) is 0 Å². The number of hydrogen-bond acceptors (Lipinski definition) is 4. The van der Waals surface area contributed by atoms with Crippen molar-refractivity contribution in [3.05, 3.63) is 46.0 Å². The van der Waals surface area contributed by atoms with Crippen molar-refractivity contribution in [2.75, 3.05) is 25.0 Å². The number of anilines is 1. The summed E-state index contributed by atoms with van der Waals surface area (Å²) in [4.78, 5) is 24.4. The fourth-order valence-corrected chi connectivity index (χ4v) is 2.55. The second kappa shape index (κ2) is 6.49. The number of non-ortho nitro benzene ring substituents is 1. The molecule has 0 aromatic heterocycles. The summed E-state index contributed by atoms with van der Waals surface area (Å²) in [5.41, 5.74) is 2.59. The van der Waals surface area contributed by atoms with E-state index in [1.54, 1.807) is 17.0 Å². The first-order valence-corrected chi connectivity index (χ1v) is 6.92. The van der Waals surface area contributed by atoms with Crippen LogP contribution in [-0.4, -0.2) is 31.0 Å².